The van der Waals surface area contributed by atoms with Gasteiger partial charge in [-0.2, -0.15) is 0 Å². The molecule has 12 heteroatoms. The van der Waals surface area contributed by atoms with Gasteiger partial charge in [0.15, 0.2) is 28.8 Å². The topological polar surface area (TPSA) is 133 Å². The van der Waals surface area contributed by atoms with Crippen LogP contribution >= 0.6 is 0 Å². The lowest BCUT2D eigenvalue weighted by Gasteiger charge is -2.16. The average Bonchev–Trinajstić information content (AvgIpc) is 2.98. The molecule has 0 aliphatic rings. The maximum atomic E-state index is 15.4. The summed E-state index contributed by atoms with van der Waals surface area (Å²) < 4.78 is 52.3. The van der Waals surface area contributed by atoms with E-state index in [9.17, 15) is 19.2 Å². The van der Waals surface area contributed by atoms with Gasteiger partial charge in [0.2, 0.25) is 0 Å². The monoisotopic (exact) mass is 626 g/mol. The first-order valence-corrected chi connectivity index (χ1v) is 13.4. The highest BCUT2D eigenvalue weighted by Crippen LogP contribution is 2.39. The zero-order valence-electron chi connectivity index (χ0n) is 25.6. The molecular weight excluding hydrogens is 591 g/mol. The van der Waals surface area contributed by atoms with Gasteiger partial charge in [0.25, 0.3) is 0 Å². The molecule has 0 fully saturated rings. The molecule has 0 spiro atoms. The number of carbonyl (C=O) groups excluding carboxylic acids is 4. The minimum Gasteiger partial charge on any atom is -0.486 e. The minimum atomic E-state index is -0.907. The van der Waals surface area contributed by atoms with E-state index in [-0.39, 0.29) is 78.1 Å². The summed E-state index contributed by atoms with van der Waals surface area (Å²) in [5, 5.41) is 0. The Kier molecular flexibility index (Phi) is 13.7. The normalized spacial score (nSPS) is 10.2. The third-order valence-electron chi connectivity index (χ3n) is 5.48. The van der Waals surface area contributed by atoms with Crippen molar-refractivity contribution in [3.63, 3.8) is 0 Å². The predicted octanol–water partition coefficient (Wildman–Crippen LogP) is 5.08. The Labute approximate surface area is 260 Å². The van der Waals surface area contributed by atoms with Crippen molar-refractivity contribution in [2.75, 3.05) is 40.1 Å². The lowest BCUT2D eigenvalue weighted by atomic mass is 10.0. The van der Waals surface area contributed by atoms with E-state index in [2.05, 4.69) is 26.3 Å². The average molecular weight is 627 g/mol. The van der Waals surface area contributed by atoms with Crippen LogP contribution in [0.25, 0.3) is 11.1 Å². The highest BCUT2D eigenvalue weighted by Gasteiger charge is 2.21. The molecule has 0 N–H and O–H groups in total. The van der Waals surface area contributed by atoms with E-state index < -0.39 is 35.4 Å². The quantitative estimate of drug-likeness (QED) is 0.101. The fraction of sp³-hybridized carbons (Fsp3) is 0.273. The summed E-state index contributed by atoms with van der Waals surface area (Å²) in [6, 6.07) is 6.82. The summed E-state index contributed by atoms with van der Waals surface area (Å²) in [7, 11) is 1.38. The van der Waals surface area contributed by atoms with Crippen molar-refractivity contribution in [2.45, 2.75) is 20.8 Å². The summed E-state index contributed by atoms with van der Waals surface area (Å²) in [4.78, 5) is 48.2. The Morgan fingerprint density at radius 1 is 0.644 bits per heavy atom. The van der Waals surface area contributed by atoms with Gasteiger partial charge in [0.1, 0.15) is 26.4 Å². The van der Waals surface area contributed by atoms with Gasteiger partial charge < -0.3 is 33.2 Å². The number of ether oxygens (including phenoxy) is 7. The van der Waals surface area contributed by atoms with E-state index in [0.717, 1.165) is 6.07 Å². The summed E-state index contributed by atoms with van der Waals surface area (Å²) in [5.41, 5.74) is 0.978. The van der Waals surface area contributed by atoms with Crippen LogP contribution in [0.4, 0.5) is 4.39 Å². The first-order valence-electron chi connectivity index (χ1n) is 13.4. The summed E-state index contributed by atoms with van der Waals surface area (Å²) in [6.45, 7) is 17.7. The molecule has 0 aliphatic carbocycles. The molecular formula is C33H35FO11. The van der Waals surface area contributed by atoms with Crippen LogP contribution in [0.3, 0.4) is 0 Å². The Morgan fingerprint density at radius 2 is 1.18 bits per heavy atom. The lowest BCUT2D eigenvalue weighted by molar-refractivity contribution is -0.140. The molecule has 0 atom stereocenters. The third kappa shape index (κ3) is 11.1. The van der Waals surface area contributed by atoms with Gasteiger partial charge in [-0.3, -0.25) is 0 Å². The van der Waals surface area contributed by atoms with Crippen LogP contribution in [-0.2, 0) is 33.4 Å². The van der Waals surface area contributed by atoms with Crippen LogP contribution in [0.2, 0.25) is 0 Å². The highest BCUT2D eigenvalue weighted by atomic mass is 19.1. The van der Waals surface area contributed by atoms with Gasteiger partial charge in [-0.15, -0.1) is 0 Å². The number of benzene rings is 2. The third-order valence-corrected chi connectivity index (χ3v) is 5.48. The van der Waals surface area contributed by atoms with E-state index in [1.54, 1.807) is 0 Å². The van der Waals surface area contributed by atoms with Crippen molar-refractivity contribution >= 4 is 23.9 Å². The Hall–Kier alpha value is -5.23. The molecule has 2 aromatic carbocycles. The van der Waals surface area contributed by atoms with Crippen LogP contribution in [0.1, 0.15) is 20.8 Å². The summed E-state index contributed by atoms with van der Waals surface area (Å²) in [5.74, 6) is -4.47. The number of esters is 4. The van der Waals surface area contributed by atoms with Crippen LogP contribution in [0.5, 0.6) is 23.0 Å². The largest absolute Gasteiger partial charge is 0.486 e. The first kappa shape index (κ1) is 36.0. The van der Waals surface area contributed by atoms with Crippen LogP contribution in [-0.4, -0.2) is 64.0 Å². The van der Waals surface area contributed by atoms with E-state index >= 15 is 4.39 Å². The standard InChI is InChI=1S/C33H35FO11/c1-19(2)30(35)42-13-11-40-26-10-9-23(16-27(26)44-33(38)22(7)18-39-8)24-15-25(34)29(28(17-24)45-32(37)21(5)6)41-12-14-43-31(36)20(3)4/h9-10,15-17H,1,3,5,7,11-14,18H2,2,4,6,8H3. The number of methoxy groups -OCH3 is 1. The summed E-state index contributed by atoms with van der Waals surface area (Å²) >= 11 is 0. The van der Waals surface area contributed by atoms with Crippen molar-refractivity contribution in [2.24, 2.45) is 0 Å². The SMILES string of the molecule is C=C(C)C(=O)OCCOc1ccc(-c2cc(F)c(OCCOC(=O)C(=C)C)c(OC(=O)C(=C)C)c2)cc1OC(=O)C(=C)COC. The van der Waals surface area contributed by atoms with Gasteiger partial charge >= 0.3 is 23.9 Å². The maximum absolute atomic E-state index is 15.4. The molecule has 0 saturated carbocycles. The van der Waals surface area contributed by atoms with Gasteiger partial charge in [-0.1, -0.05) is 32.4 Å². The fourth-order valence-corrected chi connectivity index (χ4v) is 3.24. The summed E-state index contributed by atoms with van der Waals surface area (Å²) in [6.07, 6.45) is 0. The van der Waals surface area contributed by atoms with Crippen LogP contribution in [0, 0.1) is 5.82 Å². The molecule has 0 radical (unpaired) electrons. The Bertz CT molecular complexity index is 1510. The minimum absolute atomic E-state index is 0.0136. The van der Waals surface area contributed by atoms with Crippen molar-refractivity contribution in [1.82, 2.24) is 0 Å². The first-order chi connectivity index (χ1) is 21.2. The zero-order valence-corrected chi connectivity index (χ0v) is 25.6. The van der Waals surface area contributed by atoms with E-state index in [1.807, 2.05) is 0 Å². The second kappa shape index (κ2) is 17.2. The molecule has 2 rings (SSSR count). The number of hydrogen-bond acceptors (Lipinski definition) is 11. The van der Waals surface area contributed by atoms with Gasteiger partial charge in [0.05, 0.1) is 12.2 Å². The van der Waals surface area contributed by atoms with Gasteiger partial charge in [-0.05, 0) is 56.2 Å². The van der Waals surface area contributed by atoms with Gasteiger partial charge in [-0.25, -0.2) is 23.6 Å². The van der Waals surface area contributed by atoms with E-state index in [0.29, 0.717) is 5.56 Å². The molecule has 0 amide bonds. The predicted molar refractivity (Wildman–Crippen MR) is 161 cm³/mol. The number of hydrogen-bond donors (Lipinski definition) is 0. The second-order valence-electron chi connectivity index (χ2n) is 9.57. The van der Waals surface area contributed by atoms with Crippen molar-refractivity contribution in [1.29, 1.82) is 0 Å². The smallest absolute Gasteiger partial charge is 0.341 e. The molecule has 2 aromatic rings. The molecule has 0 bridgehead atoms. The number of rotatable bonds is 17. The van der Waals surface area contributed by atoms with Crippen molar-refractivity contribution < 1.29 is 56.7 Å². The zero-order chi connectivity index (χ0) is 33.7. The molecule has 11 nitrogen and oxygen atoms in total. The van der Waals surface area contributed by atoms with Crippen molar-refractivity contribution in [3.05, 3.63) is 84.8 Å². The molecule has 0 heterocycles. The molecule has 45 heavy (non-hydrogen) atoms. The molecule has 0 unspecified atom stereocenters. The van der Waals surface area contributed by atoms with E-state index in [4.69, 9.17) is 33.2 Å². The van der Waals surface area contributed by atoms with Gasteiger partial charge in [0, 0.05) is 23.8 Å². The highest BCUT2D eigenvalue weighted by molar-refractivity contribution is 5.91. The molecule has 0 saturated heterocycles. The second-order valence-corrected chi connectivity index (χ2v) is 9.57. The number of carbonyl (C=O) groups is 4. The lowest BCUT2D eigenvalue weighted by Crippen LogP contribution is -2.16. The van der Waals surface area contributed by atoms with Crippen molar-refractivity contribution in [3.8, 4) is 34.1 Å². The van der Waals surface area contributed by atoms with Crippen LogP contribution in [0.15, 0.2) is 78.9 Å². The molecule has 0 aliphatic heterocycles. The molecule has 0 aromatic heterocycles. The number of halogens is 1. The van der Waals surface area contributed by atoms with E-state index in [1.165, 1.54) is 52.1 Å². The van der Waals surface area contributed by atoms with Crippen LogP contribution < -0.4 is 18.9 Å². The fourth-order valence-electron chi connectivity index (χ4n) is 3.24. The Balaban J connectivity index is 2.45. The molecule has 240 valence electrons. The maximum Gasteiger partial charge on any atom is 0.341 e. The Morgan fingerprint density at radius 3 is 1.73 bits per heavy atom.